The molecule has 3 nitrogen and oxygen atoms in total. The Hall–Kier alpha value is -0.120. The second kappa shape index (κ2) is 3.83. The normalized spacial score (nSPS) is 18.0. The fraction of sp³-hybridized carbons (Fsp3) is 1.00. The average Bonchev–Trinajstić information content (AvgIpc) is 1.61. The predicted octanol–water partition coefficient (Wildman–Crippen LogP) is -0.576. The van der Waals surface area contributed by atoms with Crippen LogP contribution in [0.5, 0.6) is 0 Å². The highest BCUT2D eigenvalue weighted by Gasteiger charge is 1.98. The Morgan fingerprint density at radius 2 is 1.88 bits per heavy atom. The maximum Gasteiger partial charge on any atom is 0.102 e. The van der Waals surface area contributed by atoms with Gasteiger partial charge in [-0.2, -0.15) is 0 Å². The lowest BCUT2D eigenvalue weighted by Gasteiger charge is -2.04. The number of hydrogen-bond donors (Lipinski definition) is 3. The van der Waals surface area contributed by atoms with Crippen molar-refractivity contribution in [3.05, 3.63) is 0 Å². The highest BCUT2D eigenvalue weighted by molar-refractivity contribution is 4.50. The summed E-state index contributed by atoms with van der Waals surface area (Å²) in [7, 11) is 0. The van der Waals surface area contributed by atoms with Crippen molar-refractivity contribution in [1.29, 1.82) is 0 Å². The summed E-state index contributed by atoms with van der Waals surface area (Å²) in [6.45, 7) is 1.67. The second-order valence-corrected chi connectivity index (χ2v) is 1.99. The van der Waals surface area contributed by atoms with Crippen LogP contribution in [0.1, 0.15) is 19.8 Å². The van der Waals surface area contributed by atoms with Crippen LogP contribution in [0.3, 0.4) is 0 Å². The van der Waals surface area contributed by atoms with E-state index >= 15 is 0 Å². The van der Waals surface area contributed by atoms with Gasteiger partial charge in [0.05, 0.1) is 6.10 Å². The first-order valence-corrected chi connectivity index (χ1v) is 2.74. The van der Waals surface area contributed by atoms with Crippen molar-refractivity contribution in [2.45, 2.75) is 32.1 Å². The fourth-order valence-corrected chi connectivity index (χ4v) is 0.412. The first-order valence-electron chi connectivity index (χ1n) is 2.74. The first kappa shape index (κ1) is 7.88. The van der Waals surface area contributed by atoms with Gasteiger partial charge in [-0.25, -0.2) is 0 Å². The molecule has 0 saturated carbocycles. The zero-order valence-corrected chi connectivity index (χ0v) is 5.04. The molecule has 8 heavy (non-hydrogen) atoms. The Morgan fingerprint density at radius 3 is 2.00 bits per heavy atom. The van der Waals surface area contributed by atoms with Gasteiger partial charge in [0.25, 0.3) is 0 Å². The summed E-state index contributed by atoms with van der Waals surface area (Å²) in [4.78, 5) is 0. The molecule has 0 aromatic carbocycles. The summed E-state index contributed by atoms with van der Waals surface area (Å²) in [5.41, 5.74) is 4.99. The summed E-state index contributed by atoms with van der Waals surface area (Å²) in [6.07, 6.45) is -0.0900. The quantitative estimate of drug-likeness (QED) is 0.436. The molecule has 0 fully saturated rings. The molecule has 0 aliphatic heterocycles. The van der Waals surface area contributed by atoms with E-state index in [9.17, 15) is 0 Å². The summed E-state index contributed by atoms with van der Waals surface area (Å²) in [5, 5.41) is 17.1. The number of nitrogens with two attached hydrogens (primary N) is 1. The molecule has 0 heterocycles. The molecule has 4 N–H and O–H groups in total. The lowest BCUT2D eigenvalue weighted by Crippen LogP contribution is -2.20. The van der Waals surface area contributed by atoms with Gasteiger partial charge in [0.2, 0.25) is 0 Å². The molecule has 0 bridgehead atoms. The van der Waals surface area contributed by atoms with Gasteiger partial charge >= 0.3 is 0 Å². The van der Waals surface area contributed by atoms with Crippen LogP contribution in [0.25, 0.3) is 0 Å². The van der Waals surface area contributed by atoms with Crippen LogP contribution in [-0.2, 0) is 0 Å². The van der Waals surface area contributed by atoms with Crippen molar-refractivity contribution in [3.8, 4) is 0 Å². The van der Waals surface area contributed by atoms with Crippen LogP contribution in [0, 0.1) is 0 Å². The van der Waals surface area contributed by atoms with E-state index in [-0.39, 0.29) is 6.10 Å². The van der Waals surface area contributed by atoms with Crippen LogP contribution in [0.2, 0.25) is 0 Å². The molecule has 0 aromatic rings. The molecular weight excluding hydrogens is 106 g/mol. The maximum absolute atomic E-state index is 8.63. The lowest BCUT2D eigenvalue weighted by atomic mass is 10.2. The molecule has 0 amide bonds. The van der Waals surface area contributed by atoms with E-state index in [2.05, 4.69) is 0 Å². The standard InChI is InChI=1S/C5H13NO2/c1-4(7)2-3-5(6)8/h4-5,7-8H,2-3,6H2,1H3/t4-,5?/m1/s1. The number of aliphatic hydroxyl groups excluding tert-OH is 2. The van der Waals surface area contributed by atoms with Crippen LogP contribution < -0.4 is 5.73 Å². The van der Waals surface area contributed by atoms with Crippen molar-refractivity contribution in [1.82, 2.24) is 0 Å². The monoisotopic (exact) mass is 119 g/mol. The number of rotatable bonds is 3. The largest absolute Gasteiger partial charge is 0.393 e. The smallest absolute Gasteiger partial charge is 0.102 e. The predicted molar refractivity (Wildman–Crippen MR) is 31.1 cm³/mol. The average molecular weight is 119 g/mol. The second-order valence-electron chi connectivity index (χ2n) is 1.99. The third kappa shape index (κ3) is 5.88. The van der Waals surface area contributed by atoms with Gasteiger partial charge in [0.15, 0.2) is 0 Å². The van der Waals surface area contributed by atoms with Crippen molar-refractivity contribution in [3.63, 3.8) is 0 Å². The van der Waals surface area contributed by atoms with Gasteiger partial charge in [-0.05, 0) is 19.8 Å². The molecule has 0 rings (SSSR count). The van der Waals surface area contributed by atoms with Gasteiger partial charge in [0.1, 0.15) is 6.23 Å². The Morgan fingerprint density at radius 1 is 1.38 bits per heavy atom. The van der Waals surface area contributed by atoms with E-state index in [4.69, 9.17) is 15.9 Å². The van der Waals surface area contributed by atoms with Gasteiger partial charge < -0.3 is 15.9 Å². The van der Waals surface area contributed by atoms with E-state index in [0.717, 1.165) is 0 Å². The summed E-state index contributed by atoms with van der Waals surface area (Å²) in [5.74, 6) is 0. The van der Waals surface area contributed by atoms with Gasteiger partial charge in [-0.3, -0.25) is 0 Å². The fourth-order valence-electron chi connectivity index (χ4n) is 0.412. The van der Waals surface area contributed by atoms with Crippen LogP contribution in [0.15, 0.2) is 0 Å². The Kier molecular flexibility index (Phi) is 3.77. The molecule has 50 valence electrons. The Bertz CT molecular complexity index is 46.4. The van der Waals surface area contributed by atoms with E-state index in [0.29, 0.717) is 12.8 Å². The topological polar surface area (TPSA) is 66.5 Å². The molecular formula is C5H13NO2. The van der Waals surface area contributed by atoms with Gasteiger partial charge in [0, 0.05) is 0 Å². The van der Waals surface area contributed by atoms with Gasteiger partial charge in [-0.1, -0.05) is 0 Å². The SMILES string of the molecule is C[C@@H](O)CCC(N)O. The Balaban J connectivity index is 2.93. The van der Waals surface area contributed by atoms with E-state index in [1.807, 2.05) is 0 Å². The minimum atomic E-state index is -0.774. The van der Waals surface area contributed by atoms with Crippen molar-refractivity contribution in [2.75, 3.05) is 0 Å². The van der Waals surface area contributed by atoms with Crippen LogP contribution in [0.4, 0.5) is 0 Å². The minimum absolute atomic E-state index is 0.354. The third-order valence-corrected chi connectivity index (χ3v) is 0.880. The highest BCUT2D eigenvalue weighted by Crippen LogP contribution is 1.95. The lowest BCUT2D eigenvalue weighted by molar-refractivity contribution is 0.127. The molecule has 2 atom stereocenters. The molecule has 1 unspecified atom stereocenters. The van der Waals surface area contributed by atoms with Crippen molar-refractivity contribution in [2.24, 2.45) is 5.73 Å². The third-order valence-electron chi connectivity index (χ3n) is 0.880. The maximum atomic E-state index is 8.63. The summed E-state index contributed by atoms with van der Waals surface area (Å²) in [6, 6.07) is 0. The molecule has 0 saturated heterocycles. The zero-order valence-electron chi connectivity index (χ0n) is 5.04. The van der Waals surface area contributed by atoms with Gasteiger partial charge in [-0.15, -0.1) is 0 Å². The van der Waals surface area contributed by atoms with Crippen molar-refractivity contribution >= 4 is 0 Å². The molecule has 0 aliphatic carbocycles. The van der Waals surface area contributed by atoms with E-state index in [1.165, 1.54) is 0 Å². The van der Waals surface area contributed by atoms with Crippen LogP contribution >= 0.6 is 0 Å². The molecule has 0 spiro atoms. The molecule has 0 radical (unpaired) electrons. The minimum Gasteiger partial charge on any atom is -0.393 e. The zero-order chi connectivity index (χ0) is 6.57. The highest BCUT2D eigenvalue weighted by atomic mass is 16.3. The summed E-state index contributed by atoms with van der Waals surface area (Å²) < 4.78 is 0. The van der Waals surface area contributed by atoms with Crippen molar-refractivity contribution < 1.29 is 10.2 Å². The molecule has 3 heteroatoms. The summed E-state index contributed by atoms with van der Waals surface area (Å²) >= 11 is 0. The first-order chi connectivity index (χ1) is 3.63. The van der Waals surface area contributed by atoms with Crippen LogP contribution in [-0.4, -0.2) is 22.5 Å². The number of aliphatic hydroxyl groups is 2. The number of hydrogen-bond acceptors (Lipinski definition) is 3. The molecule has 0 aliphatic rings. The van der Waals surface area contributed by atoms with E-state index in [1.54, 1.807) is 6.92 Å². The van der Waals surface area contributed by atoms with E-state index < -0.39 is 6.23 Å². The molecule has 0 aromatic heterocycles. The Labute approximate surface area is 49.1 Å².